The molecule has 2 fully saturated rings. The fourth-order valence-electron chi connectivity index (χ4n) is 4.42. The van der Waals surface area contributed by atoms with Gasteiger partial charge in [0.25, 0.3) is 0 Å². The Morgan fingerprint density at radius 3 is 2.86 bits per heavy atom. The number of ether oxygens (including phenoxy) is 1. The number of amides is 1. The fourth-order valence-corrected chi connectivity index (χ4v) is 5.04. The summed E-state index contributed by atoms with van der Waals surface area (Å²) in [4.78, 5) is 14.7. The first-order valence-electron chi connectivity index (χ1n) is 8.78. The summed E-state index contributed by atoms with van der Waals surface area (Å²) in [5.41, 5.74) is 0. The van der Waals surface area contributed by atoms with Crippen molar-refractivity contribution in [2.75, 3.05) is 6.54 Å². The first-order chi connectivity index (χ1) is 10.5. The molecule has 0 aromatic rings. The predicted octanol–water partition coefficient (Wildman–Crippen LogP) is 4.96. The summed E-state index contributed by atoms with van der Waals surface area (Å²) in [5, 5.41) is 0. The molecule has 1 heterocycles. The molecular weight excluding hydrogens is 342 g/mol. The Bertz CT molecular complexity index is 462. The Morgan fingerprint density at radius 1 is 1.36 bits per heavy atom. The van der Waals surface area contributed by atoms with Crippen molar-refractivity contribution in [2.45, 2.75) is 65.0 Å². The van der Waals surface area contributed by atoms with Crippen LogP contribution >= 0.6 is 15.9 Å². The number of hydrogen-bond acceptors (Lipinski definition) is 2. The molecule has 2 bridgehead atoms. The summed E-state index contributed by atoms with van der Waals surface area (Å²) in [6.07, 6.45) is 7.87. The van der Waals surface area contributed by atoms with Gasteiger partial charge in [-0.25, -0.2) is 4.79 Å². The molecule has 0 radical (unpaired) electrons. The zero-order valence-electron chi connectivity index (χ0n) is 13.9. The van der Waals surface area contributed by atoms with Gasteiger partial charge in [0.05, 0.1) is 6.04 Å². The third-order valence-corrected chi connectivity index (χ3v) is 6.65. The topological polar surface area (TPSA) is 29.5 Å². The zero-order chi connectivity index (χ0) is 15.9. The SMILES string of the molecule is CC(C)[C@@H]1CC[C@@H](C)C[C@H]1OC(=O)N1C[C@H]2CC=C(Br)[C@@H]1C2. The number of allylic oxidation sites excluding steroid dienone is 1. The molecule has 0 N–H and O–H groups in total. The molecule has 0 aromatic carbocycles. The maximum Gasteiger partial charge on any atom is 0.410 e. The van der Waals surface area contributed by atoms with Crippen LogP contribution in [0.5, 0.6) is 0 Å². The van der Waals surface area contributed by atoms with Gasteiger partial charge >= 0.3 is 6.09 Å². The van der Waals surface area contributed by atoms with E-state index >= 15 is 0 Å². The van der Waals surface area contributed by atoms with Crippen molar-refractivity contribution in [1.82, 2.24) is 4.90 Å². The second-order valence-electron chi connectivity index (χ2n) is 7.84. The first-order valence-corrected chi connectivity index (χ1v) is 9.57. The van der Waals surface area contributed by atoms with E-state index in [1.54, 1.807) is 0 Å². The van der Waals surface area contributed by atoms with E-state index in [1.165, 1.54) is 12.8 Å². The van der Waals surface area contributed by atoms with E-state index in [1.807, 2.05) is 4.90 Å². The Labute approximate surface area is 142 Å². The summed E-state index contributed by atoms with van der Waals surface area (Å²) in [7, 11) is 0. The van der Waals surface area contributed by atoms with E-state index in [0.29, 0.717) is 23.7 Å². The molecule has 5 atom stereocenters. The minimum Gasteiger partial charge on any atom is -0.446 e. The van der Waals surface area contributed by atoms with Crippen LogP contribution in [0.25, 0.3) is 0 Å². The molecule has 1 saturated carbocycles. The number of rotatable bonds is 2. The van der Waals surface area contributed by atoms with E-state index < -0.39 is 0 Å². The minimum absolute atomic E-state index is 0.0931. The van der Waals surface area contributed by atoms with Crippen LogP contribution in [-0.2, 0) is 4.74 Å². The van der Waals surface area contributed by atoms with Gasteiger partial charge in [-0.15, -0.1) is 0 Å². The van der Waals surface area contributed by atoms with Crippen LogP contribution in [0.3, 0.4) is 0 Å². The van der Waals surface area contributed by atoms with Crippen molar-refractivity contribution in [3.05, 3.63) is 10.6 Å². The summed E-state index contributed by atoms with van der Waals surface area (Å²) in [6, 6.07) is 0.213. The van der Waals surface area contributed by atoms with Gasteiger partial charge in [-0.2, -0.15) is 0 Å². The summed E-state index contributed by atoms with van der Waals surface area (Å²) in [6.45, 7) is 7.64. The molecule has 1 amide bonds. The highest BCUT2D eigenvalue weighted by Crippen LogP contribution is 2.40. The van der Waals surface area contributed by atoms with Gasteiger partial charge in [-0.3, -0.25) is 0 Å². The molecule has 3 aliphatic rings. The Hall–Kier alpha value is -0.510. The number of halogens is 1. The van der Waals surface area contributed by atoms with E-state index in [4.69, 9.17) is 4.74 Å². The quantitative estimate of drug-likeness (QED) is 0.688. The largest absolute Gasteiger partial charge is 0.446 e. The zero-order valence-corrected chi connectivity index (χ0v) is 15.5. The van der Waals surface area contributed by atoms with Gasteiger partial charge in [0, 0.05) is 11.0 Å². The average Bonchev–Trinajstić information content (AvgIpc) is 2.82. The van der Waals surface area contributed by atoms with E-state index in [2.05, 4.69) is 42.8 Å². The van der Waals surface area contributed by atoms with E-state index in [-0.39, 0.29) is 18.2 Å². The van der Waals surface area contributed by atoms with Crippen molar-refractivity contribution in [1.29, 1.82) is 0 Å². The standard InChI is InChI=1S/C18H28BrNO2/c1-11(2)14-6-4-12(3)8-17(14)22-18(21)20-10-13-5-7-15(19)16(20)9-13/h7,11-14,16-17H,4-6,8-10H2,1-3H3/t12-,13+,14+,16+,17-/m1/s1. The van der Waals surface area contributed by atoms with Gasteiger partial charge in [0.15, 0.2) is 0 Å². The van der Waals surface area contributed by atoms with Crippen LogP contribution in [0.15, 0.2) is 10.6 Å². The molecule has 2 aliphatic carbocycles. The summed E-state index contributed by atoms with van der Waals surface area (Å²) < 4.78 is 7.18. The monoisotopic (exact) mass is 369 g/mol. The highest BCUT2D eigenvalue weighted by atomic mass is 79.9. The highest BCUT2D eigenvalue weighted by molar-refractivity contribution is 9.11. The molecule has 1 saturated heterocycles. The molecule has 1 aliphatic heterocycles. The lowest BCUT2D eigenvalue weighted by molar-refractivity contribution is -0.0102. The Balaban J connectivity index is 1.66. The lowest BCUT2D eigenvalue weighted by atomic mass is 9.75. The van der Waals surface area contributed by atoms with Crippen molar-refractivity contribution in [3.63, 3.8) is 0 Å². The second-order valence-corrected chi connectivity index (χ2v) is 8.76. The number of hydrogen-bond donors (Lipinski definition) is 0. The molecule has 22 heavy (non-hydrogen) atoms. The highest BCUT2D eigenvalue weighted by Gasteiger charge is 2.41. The molecule has 124 valence electrons. The molecular formula is C18H28BrNO2. The van der Waals surface area contributed by atoms with Crippen LogP contribution in [0.4, 0.5) is 4.79 Å². The lowest BCUT2D eigenvalue weighted by Crippen LogP contribution is -2.42. The molecule has 0 unspecified atom stereocenters. The van der Waals surface area contributed by atoms with Crippen molar-refractivity contribution >= 4 is 22.0 Å². The second kappa shape index (κ2) is 6.54. The maximum absolute atomic E-state index is 12.7. The third-order valence-electron chi connectivity index (χ3n) is 5.80. The van der Waals surface area contributed by atoms with Gasteiger partial charge in [-0.1, -0.05) is 49.2 Å². The number of carbonyl (C=O) groups excluding carboxylic acids is 1. The van der Waals surface area contributed by atoms with E-state index in [0.717, 1.165) is 30.3 Å². The van der Waals surface area contributed by atoms with Crippen LogP contribution in [0.1, 0.15) is 52.9 Å². The van der Waals surface area contributed by atoms with Crippen molar-refractivity contribution in [2.24, 2.45) is 23.7 Å². The van der Waals surface area contributed by atoms with Crippen molar-refractivity contribution in [3.8, 4) is 0 Å². The van der Waals surface area contributed by atoms with Gasteiger partial charge < -0.3 is 9.64 Å². The smallest absolute Gasteiger partial charge is 0.410 e. The third kappa shape index (κ3) is 3.22. The number of nitrogens with zero attached hydrogens (tertiary/aromatic N) is 1. The van der Waals surface area contributed by atoms with Gasteiger partial charge in [-0.05, 0) is 49.4 Å². The molecule has 3 nitrogen and oxygen atoms in total. The molecule has 4 heteroatoms. The van der Waals surface area contributed by atoms with E-state index in [9.17, 15) is 4.79 Å². The average molecular weight is 370 g/mol. The number of carbonyl (C=O) groups is 1. The minimum atomic E-state index is -0.0931. The van der Waals surface area contributed by atoms with Gasteiger partial charge in [0.1, 0.15) is 6.10 Å². The van der Waals surface area contributed by atoms with Crippen LogP contribution in [-0.4, -0.2) is 29.7 Å². The van der Waals surface area contributed by atoms with Crippen LogP contribution < -0.4 is 0 Å². The van der Waals surface area contributed by atoms with Gasteiger partial charge in [0.2, 0.25) is 0 Å². The Kier molecular flexibility index (Phi) is 4.86. The molecule has 0 aromatic heterocycles. The molecule has 3 rings (SSSR count). The lowest BCUT2D eigenvalue weighted by Gasteiger charge is -2.38. The fraction of sp³-hybridized carbons (Fsp3) is 0.833. The van der Waals surface area contributed by atoms with Crippen molar-refractivity contribution < 1.29 is 9.53 Å². The molecule has 0 spiro atoms. The summed E-state index contributed by atoms with van der Waals surface area (Å²) in [5.74, 6) is 2.37. The van der Waals surface area contributed by atoms with Crippen LogP contribution in [0, 0.1) is 23.7 Å². The predicted molar refractivity (Wildman–Crippen MR) is 91.8 cm³/mol. The van der Waals surface area contributed by atoms with Crippen LogP contribution in [0.2, 0.25) is 0 Å². The summed E-state index contributed by atoms with van der Waals surface area (Å²) >= 11 is 3.63. The normalized spacial score (nSPS) is 38.1. The number of likely N-dealkylation sites (tertiary alicyclic amines) is 1. The maximum atomic E-state index is 12.7. The number of fused-ring (bicyclic) bond motifs is 2. The Morgan fingerprint density at radius 2 is 2.14 bits per heavy atom. The first kappa shape index (κ1) is 16.4.